The monoisotopic (exact) mass is 382 g/mol. The minimum Gasteiger partial charge on any atom is -0.396 e. The summed E-state index contributed by atoms with van der Waals surface area (Å²) in [7, 11) is 0. The maximum absolute atomic E-state index is 13.4. The molecule has 2 aromatic rings. The summed E-state index contributed by atoms with van der Waals surface area (Å²) in [6.07, 6.45) is 7.82. The Hall–Kier alpha value is -2.18. The van der Waals surface area contributed by atoms with E-state index in [1.165, 1.54) is 0 Å². The van der Waals surface area contributed by atoms with Gasteiger partial charge in [0.25, 0.3) is 5.91 Å². The van der Waals surface area contributed by atoms with Crippen molar-refractivity contribution in [2.45, 2.75) is 38.3 Å². The standard InChI is InChI=1S/C22H30N4O2/c27-17-5-11-24-14-8-18(9-15-24)20-21-23-10-16-25(21)12-4-13-26(20)22(28)19-6-2-1-3-7-19/h1-3,6-7,10,16,18,20,27H,4-5,8-9,11-15,17H2. The van der Waals surface area contributed by atoms with Gasteiger partial charge in [0.1, 0.15) is 5.82 Å². The molecule has 1 N–H and O–H groups in total. The number of aryl methyl sites for hydroxylation is 1. The SMILES string of the molecule is O=C(c1ccccc1)N1CCCn2ccnc2C1C1CCN(CCCO)CC1. The van der Waals surface area contributed by atoms with Crippen molar-refractivity contribution in [2.75, 3.05) is 32.8 Å². The Labute approximate surface area is 166 Å². The first-order valence-electron chi connectivity index (χ1n) is 10.5. The van der Waals surface area contributed by atoms with Crippen LogP contribution in [0.4, 0.5) is 0 Å². The lowest BCUT2D eigenvalue weighted by atomic mass is 9.87. The number of piperidine rings is 1. The Bertz CT molecular complexity index is 768. The molecule has 1 saturated heterocycles. The average molecular weight is 383 g/mol. The minimum atomic E-state index is 0.0326. The van der Waals surface area contributed by atoms with Crippen molar-refractivity contribution in [1.82, 2.24) is 19.4 Å². The number of nitrogens with zero attached hydrogens (tertiary/aromatic N) is 4. The number of rotatable bonds is 5. The third-order valence-electron chi connectivity index (χ3n) is 6.14. The molecule has 0 radical (unpaired) electrons. The summed E-state index contributed by atoms with van der Waals surface area (Å²) in [4.78, 5) is 22.6. The zero-order valence-electron chi connectivity index (χ0n) is 16.4. The molecular formula is C22H30N4O2. The van der Waals surface area contributed by atoms with E-state index in [0.29, 0.717) is 5.92 Å². The summed E-state index contributed by atoms with van der Waals surface area (Å²) >= 11 is 0. The lowest BCUT2D eigenvalue weighted by Crippen LogP contribution is -2.43. The fourth-order valence-corrected chi connectivity index (χ4v) is 4.69. The second kappa shape index (κ2) is 8.88. The van der Waals surface area contributed by atoms with Crippen LogP contribution in [0.15, 0.2) is 42.7 Å². The fraction of sp³-hybridized carbons (Fsp3) is 0.545. The Morgan fingerprint density at radius 2 is 1.89 bits per heavy atom. The quantitative estimate of drug-likeness (QED) is 0.863. The normalized spacial score (nSPS) is 21.3. The molecule has 0 bridgehead atoms. The molecule has 1 unspecified atom stereocenters. The van der Waals surface area contributed by atoms with Crippen LogP contribution in [-0.4, -0.2) is 63.2 Å². The summed E-state index contributed by atoms with van der Waals surface area (Å²) < 4.78 is 2.24. The van der Waals surface area contributed by atoms with Crippen molar-refractivity contribution in [3.63, 3.8) is 0 Å². The van der Waals surface area contributed by atoms with Crippen molar-refractivity contribution in [3.05, 3.63) is 54.1 Å². The second-order valence-electron chi connectivity index (χ2n) is 7.90. The van der Waals surface area contributed by atoms with Gasteiger partial charge >= 0.3 is 0 Å². The summed E-state index contributed by atoms with van der Waals surface area (Å²) in [5.41, 5.74) is 0.757. The predicted octanol–water partition coefficient (Wildman–Crippen LogP) is 2.56. The van der Waals surface area contributed by atoms with Gasteiger partial charge in [0.15, 0.2) is 0 Å². The molecule has 6 heteroatoms. The van der Waals surface area contributed by atoms with E-state index in [1.807, 2.05) is 36.5 Å². The molecule has 1 aromatic carbocycles. The molecule has 0 spiro atoms. The minimum absolute atomic E-state index is 0.0326. The zero-order chi connectivity index (χ0) is 19.3. The lowest BCUT2D eigenvalue weighted by Gasteiger charge is -2.40. The van der Waals surface area contributed by atoms with Crippen LogP contribution in [0.2, 0.25) is 0 Å². The van der Waals surface area contributed by atoms with Crippen molar-refractivity contribution >= 4 is 5.91 Å². The van der Waals surface area contributed by atoms with Gasteiger partial charge in [0.05, 0.1) is 6.04 Å². The third-order valence-corrected chi connectivity index (χ3v) is 6.14. The van der Waals surface area contributed by atoms with E-state index in [0.717, 1.165) is 69.8 Å². The highest BCUT2D eigenvalue weighted by Gasteiger charge is 2.38. The third kappa shape index (κ3) is 3.98. The molecule has 3 heterocycles. The number of hydrogen-bond donors (Lipinski definition) is 1. The van der Waals surface area contributed by atoms with E-state index in [1.54, 1.807) is 0 Å². The topological polar surface area (TPSA) is 61.6 Å². The first-order chi connectivity index (χ1) is 13.8. The number of aliphatic hydroxyl groups is 1. The molecule has 2 aliphatic heterocycles. The average Bonchev–Trinajstić information content (AvgIpc) is 3.13. The maximum Gasteiger partial charge on any atom is 0.254 e. The van der Waals surface area contributed by atoms with Gasteiger partial charge < -0.3 is 19.5 Å². The van der Waals surface area contributed by atoms with Gasteiger partial charge in [-0.05, 0) is 56.8 Å². The number of amides is 1. The number of benzene rings is 1. The highest BCUT2D eigenvalue weighted by molar-refractivity contribution is 5.94. The molecule has 150 valence electrons. The van der Waals surface area contributed by atoms with Crippen LogP contribution in [0.25, 0.3) is 0 Å². The van der Waals surface area contributed by atoms with Gasteiger partial charge in [-0.1, -0.05) is 18.2 Å². The molecule has 28 heavy (non-hydrogen) atoms. The predicted molar refractivity (Wildman–Crippen MR) is 108 cm³/mol. The first-order valence-corrected chi connectivity index (χ1v) is 10.5. The largest absolute Gasteiger partial charge is 0.396 e. The molecule has 1 atom stereocenters. The second-order valence-corrected chi connectivity index (χ2v) is 7.90. The molecule has 2 aliphatic rings. The van der Waals surface area contributed by atoms with E-state index >= 15 is 0 Å². The number of carbonyl (C=O) groups is 1. The molecular weight excluding hydrogens is 352 g/mol. The van der Waals surface area contributed by atoms with Crippen LogP contribution < -0.4 is 0 Å². The van der Waals surface area contributed by atoms with Crippen LogP contribution in [0, 0.1) is 5.92 Å². The Kier molecular flexibility index (Phi) is 6.07. The van der Waals surface area contributed by atoms with Crippen molar-refractivity contribution < 1.29 is 9.90 Å². The van der Waals surface area contributed by atoms with Crippen molar-refractivity contribution in [3.8, 4) is 0 Å². The summed E-state index contributed by atoms with van der Waals surface area (Å²) in [6.45, 7) is 4.94. The van der Waals surface area contributed by atoms with Crippen LogP contribution in [0.1, 0.15) is 47.9 Å². The summed E-state index contributed by atoms with van der Waals surface area (Å²) in [5.74, 6) is 1.57. The van der Waals surface area contributed by atoms with Crippen LogP contribution in [0.5, 0.6) is 0 Å². The smallest absolute Gasteiger partial charge is 0.254 e. The van der Waals surface area contributed by atoms with Crippen molar-refractivity contribution in [1.29, 1.82) is 0 Å². The number of likely N-dealkylation sites (tertiary alicyclic amines) is 1. The van der Waals surface area contributed by atoms with E-state index in [9.17, 15) is 4.79 Å². The number of aliphatic hydroxyl groups excluding tert-OH is 1. The fourth-order valence-electron chi connectivity index (χ4n) is 4.69. The molecule has 1 amide bonds. The molecule has 6 nitrogen and oxygen atoms in total. The summed E-state index contributed by atoms with van der Waals surface area (Å²) in [5, 5.41) is 9.09. The van der Waals surface area contributed by atoms with E-state index in [4.69, 9.17) is 10.1 Å². The van der Waals surface area contributed by atoms with Crippen LogP contribution >= 0.6 is 0 Å². The van der Waals surface area contributed by atoms with Gasteiger partial charge in [-0.25, -0.2) is 4.98 Å². The highest BCUT2D eigenvalue weighted by Crippen LogP contribution is 2.37. The summed E-state index contributed by atoms with van der Waals surface area (Å²) in [6, 6.07) is 9.67. The van der Waals surface area contributed by atoms with E-state index in [2.05, 4.69) is 20.6 Å². The molecule has 1 fully saturated rings. The molecule has 1 aromatic heterocycles. The van der Waals surface area contributed by atoms with E-state index in [-0.39, 0.29) is 18.6 Å². The number of aromatic nitrogens is 2. The van der Waals surface area contributed by atoms with Gasteiger partial charge in [-0.2, -0.15) is 0 Å². The zero-order valence-corrected chi connectivity index (χ0v) is 16.4. The number of carbonyl (C=O) groups excluding carboxylic acids is 1. The van der Waals surface area contributed by atoms with Gasteiger partial charge in [0, 0.05) is 44.2 Å². The molecule has 4 rings (SSSR count). The molecule has 0 aliphatic carbocycles. The molecule has 0 saturated carbocycles. The number of imidazole rings is 1. The van der Waals surface area contributed by atoms with Gasteiger partial charge in [-0.3, -0.25) is 4.79 Å². The highest BCUT2D eigenvalue weighted by atomic mass is 16.3. The lowest BCUT2D eigenvalue weighted by molar-refractivity contribution is 0.0501. The van der Waals surface area contributed by atoms with Gasteiger partial charge in [0.2, 0.25) is 0 Å². The first kappa shape index (κ1) is 19.2. The van der Waals surface area contributed by atoms with E-state index < -0.39 is 0 Å². The number of hydrogen-bond acceptors (Lipinski definition) is 4. The Morgan fingerprint density at radius 1 is 1.11 bits per heavy atom. The Morgan fingerprint density at radius 3 is 2.64 bits per heavy atom. The maximum atomic E-state index is 13.4. The number of fused-ring (bicyclic) bond motifs is 1. The van der Waals surface area contributed by atoms with Crippen molar-refractivity contribution in [2.24, 2.45) is 5.92 Å². The Balaban J connectivity index is 1.58. The van der Waals surface area contributed by atoms with Gasteiger partial charge in [-0.15, -0.1) is 0 Å². The van der Waals surface area contributed by atoms with Crippen LogP contribution in [-0.2, 0) is 6.54 Å². The van der Waals surface area contributed by atoms with Crippen LogP contribution in [0.3, 0.4) is 0 Å².